The predicted molar refractivity (Wildman–Crippen MR) is 65.9 cm³/mol. The maximum atomic E-state index is 14.0. The van der Waals surface area contributed by atoms with Crippen molar-refractivity contribution in [2.45, 2.75) is 6.17 Å². The first-order valence-electron chi connectivity index (χ1n) is 4.82. The largest absolute Gasteiger partial charge is 0.237 e. The molecule has 0 aromatic heterocycles. The van der Waals surface area contributed by atoms with E-state index in [-0.39, 0.29) is 0 Å². The SMILES string of the molecule is FC(c1ccc(Cl)cc1)c1ccc(Cl)cc1. The Kier molecular flexibility index (Phi) is 3.47. The third-order valence-electron chi connectivity index (χ3n) is 2.33. The highest BCUT2D eigenvalue weighted by Gasteiger charge is 2.11. The molecule has 0 aliphatic rings. The first-order valence-corrected chi connectivity index (χ1v) is 5.57. The van der Waals surface area contributed by atoms with E-state index in [1.165, 1.54) is 0 Å². The number of hydrogen-bond donors (Lipinski definition) is 0. The Morgan fingerprint density at radius 3 is 1.31 bits per heavy atom. The van der Waals surface area contributed by atoms with Crippen LogP contribution in [0.25, 0.3) is 0 Å². The van der Waals surface area contributed by atoms with Crippen LogP contribution in [0.15, 0.2) is 48.5 Å². The summed E-state index contributed by atoms with van der Waals surface area (Å²) in [5, 5.41) is 1.21. The van der Waals surface area contributed by atoms with Gasteiger partial charge in [0.05, 0.1) is 0 Å². The highest BCUT2D eigenvalue weighted by Crippen LogP contribution is 2.27. The first kappa shape index (κ1) is 11.4. The second-order valence-electron chi connectivity index (χ2n) is 3.47. The Bertz CT molecular complexity index is 417. The Hall–Kier alpha value is -1.05. The lowest BCUT2D eigenvalue weighted by molar-refractivity contribution is 0.402. The van der Waals surface area contributed by atoms with E-state index in [0.29, 0.717) is 21.2 Å². The summed E-state index contributed by atoms with van der Waals surface area (Å²) >= 11 is 11.5. The second kappa shape index (κ2) is 4.86. The highest BCUT2D eigenvalue weighted by atomic mass is 35.5. The van der Waals surface area contributed by atoms with Gasteiger partial charge in [-0.05, 0) is 35.4 Å². The summed E-state index contributed by atoms with van der Waals surface area (Å²) < 4.78 is 14.0. The smallest absolute Gasteiger partial charge is 0.150 e. The maximum absolute atomic E-state index is 14.0. The summed E-state index contributed by atoms with van der Waals surface area (Å²) in [5.41, 5.74) is 1.18. The zero-order chi connectivity index (χ0) is 11.5. The van der Waals surface area contributed by atoms with Gasteiger partial charge in [-0.1, -0.05) is 47.5 Å². The third kappa shape index (κ3) is 2.55. The number of rotatable bonds is 2. The standard InChI is InChI=1S/C13H9Cl2F/c14-11-5-1-9(2-6-11)13(16)10-3-7-12(15)8-4-10/h1-8,13H. The van der Waals surface area contributed by atoms with Gasteiger partial charge in [0.15, 0.2) is 6.17 Å². The van der Waals surface area contributed by atoms with Crippen molar-refractivity contribution in [2.75, 3.05) is 0 Å². The van der Waals surface area contributed by atoms with E-state index < -0.39 is 6.17 Å². The van der Waals surface area contributed by atoms with Crippen molar-refractivity contribution in [3.05, 3.63) is 69.7 Å². The van der Waals surface area contributed by atoms with E-state index in [9.17, 15) is 4.39 Å². The summed E-state index contributed by atoms with van der Waals surface area (Å²) in [7, 11) is 0. The van der Waals surface area contributed by atoms with E-state index in [1.54, 1.807) is 48.5 Å². The van der Waals surface area contributed by atoms with Crippen LogP contribution < -0.4 is 0 Å². The molecule has 0 spiro atoms. The molecule has 0 atom stereocenters. The van der Waals surface area contributed by atoms with E-state index in [0.717, 1.165) is 0 Å². The van der Waals surface area contributed by atoms with Crippen molar-refractivity contribution in [1.29, 1.82) is 0 Å². The van der Waals surface area contributed by atoms with Gasteiger partial charge in [0, 0.05) is 10.0 Å². The van der Waals surface area contributed by atoms with Gasteiger partial charge in [0.25, 0.3) is 0 Å². The minimum Gasteiger partial charge on any atom is -0.237 e. The molecule has 2 aromatic carbocycles. The lowest BCUT2D eigenvalue weighted by Gasteiger charge is -2.08. The Morgan fingerprint density at radius 2 is 1.00 bits per heavy atom. The molecule has 0 bridgehead atoms. The van der Waals surface area contributed by atoms with Crippen LogP contribution in [0, 0.1) is 0 Å². The maximum Gasteiger partial charge on any atom is 0.150 e. The van der Waals surface area contributed by atoms with Crippen LogP contribution in [0.2, 0.25) is 10.0 Å². The minimum absolute atomic E-state index is 0.590. The van der Waals surface area contributed by atoms with Gasteiger partial charge < -0.3 is 0 Å². The van der Waals surface area contributed by atoms with Crippen LogP contribution >= 0.6 is 23.2 Å². The molecule has 0 heterocycles. The lowest BCUT2D eigenvalue weighted by atomic mass is 10.0. The van der Waals surface area contributed by atoms with Crippen LogP contribution in [-0.4, -0.2) is 0 Å². The molecule has 0 unspecified atom stereocenters. The van der Waals surface area contributed by atoms with Crippen LogP contribution in [-0.2, 0) is 0 Å². The van der Waals surface area contributed by atoms with E-state index >= 15 is 0 Å². The Balaban J connectivity index is 2.28. The fourth-order valence-electron chi connectivity index (χ4n) is 1.46. The zero-order valence-electron chi connectivity index (χ0n) is 8.33. The average Bonchev–Trinajstić information content (AvgIpc) is 2.30. The molecule has 16 heavy (non-hydrogen) atoms. The molecule has 3 heteroatoms. The molecule has 0 aliphatic carbocycles. The molecule has 2 rings (SSSR count). The predicted octanol–water partition coefficient (Wildman–Crippen LogP) is 5.05. The Labute approximate surface area is 104 Å². The fourth-order valence-corrected chi connectivity index (χ4v) is 1.71. The van der Waals surface area contributed by atoms with Crippen molar-refractivity contribution in [3.8, 4) is 0 Å². The van der Waals surface area contributed by atoms with E-state index in [4.69, 9.17) is 23.2 Å². The van der Waals surface area contributed by atoms with E-state index in [1.807, 2.05) is 0 Å². The third-order valence-corrected chi connectivity index (χ3v) is 2.83. The lowest BCUT2D eigenvalue weighted by Crippen LogP contribution is -1.93. The molecule has 0 N–H and O–H groups in total. The van der Waals surface area contributed by atoms with Crippen molar-refractivity contribution in [2.24, 2.45) is 0 Å². The van der Waals surface area contributed by atoms with Crippen molar-refractivity contribution < 1.29 is 4.39 Å². The fraction of sp³-hybridized carbons (Fsp3) is 0.0769. The van der Waals surface area contributed by atoms with Gasteiger partial charge >= 0.3 is 0 Å². The summed E-state index contributed by atoms with van der Waals surface area (Å²) in [6.45, 7) is 0. The summed E-state index contributed by atoms with van der Waals surface area (Å²) in [6.07, 6.45) is -1.14. The minimum atomic E-state index is -1.14. The molecule has 0 amide bonds. The molecule has 2 aromatic rings. The van der Waals surface area contributed by atoms with Crippen molar-refractivity contribution >= 4 is 23.2 Å². The topological polar surface area (TPSA) is 0 Å². The number of alkyl halides is 1. The van der Waals surface area contributed by atoms with Gasteiger partial charge in [-0.3, -0.25) is 0 Å². The van der Waals surface area contributed by atoms with Gasteiger partial charge in [-0.2, -0.15) is 0 Å². The number of halogens is 3. The summed E-state index contributed by atoms with van der Waals surface area (Å²) in [4.78, 5) is 0. The highest BCUT2D eigenvalue weighted by molar-refractivity contribution is 6.30. The first-order chi connectivity index (χ1) is 7.66. The molecular formula is C13H9Cl2F. The molecule has 0 saturated carbocycles. The quantitative estimate of drug-likeness (QED) is 0.704. The van der Waals surface area contributed by atoms with Crippen LogP contribution in [0.3, 0.4) is 0 Å². The van der Waals surface area contributed by atoms with Crippen molar-refractivity contribution in [3.63, 3.8) is 0 Å². The van der Waals surface area contributed by atoms with Gasteiger partial charge in [-0.25, -0.2) is 4.39 Å². The molecule has 0 aliphatic heterocycles. The van der Waals surface area contributed by atoms with Gasteiger partial charge in [-0.15, -0.1) is 0 Å². The molecule has 0 radical (unpaired) electrons. The summed E-state index contributed by atoms with van der Waals surface area (Å²) in [5.74, 6) is 0. The number of hydrogen-bond acceptors (Lipinski definition) is 0. The zero-order valence-corrected chi connectivity index (χ0v) is 9.84. The number of benzene rings is 2. The molecule has 0 fully saturated rings. The molecule has 0 nitrogen and oxygen atoms in total. The van der Waals surface area contributed by atoms with Gasteiger partial charge in [0.1, 0.15) is 0 Å². The van der Waals surface area contributed by atoms with Gasteiger partial charge in [0.2, 0.25) is 0 Å². The van der Waals surface area contributed by atoms with Crippen molar-refractivity contribution in [1.82, 2.24) is 0 Å². The normalized spacial score (nSPS) is 10.8. The molecule has 82 valence electrons. The second-order valence-corrected chi connectivity index (χ2v) is 4.34. The van der Waals surface area contributed by atoms with Crippen LogP contribution in [0.5, 0.6) is 0 Å². The molecular weight excluding hydrogens is 246 g/mol. The Morgan fingerprint density at radius 1 is 0.688 bits per heavy atom. The van der Waals surface area contributed by atoms with E-state index in [2.05, 4.69) is 0 Å². The van der Waals surface area contributed by atoms with Crippen LogP contribution in [0.1, 0.15) is 17.3 Å². The molecule has 0 saturated heterocycles. The monoisotopic (exact) mass is 254 g/mol. The summed E-state index contributed by atoms with van der Waals surface area (Å²) in [6, 6.07) is 13.4. The van der Waals surface area contributed by atoms with Crippen LogP contribution in [0.4, 0.5) is 4.39 Å². The average molecular weight is 255 g/mol.